The van der Waals surface area contributed by atoms with Gasteiger partial charge in [0.1, 0.15) is 0 Å². The zero-order valence-corrected chi connectivity index (χ0v) is 14.3. The number of carbonyl (C=O) groups is 2. The first-order chi connectivity index (χ1) is 11.5. The van der Waals surface area contributed by atoms with Gasteiger partial charge in [-0.3, -0.25) is 9.59 Å². The van der Waals surface area contributed by atoms with Crippen molar-refractivity contribution in [1.82, 2.24) is 0 Å². The second kappa shape index (κ2) is 8.83. The molecule has 1 aromatic carbocycles. The number of fused-ring (bicyclic) bond motifs is 2. The summed E-state index contributed by atoms with van der Waals surface area (Å²) in [6.07, 6.45) is 5.18. The fraction of sp³-hybridized carbons (Fsp3) is 0.579. The first-order valence-corrected chi connectivity index (χ1v) is 8.49. The number of carboxylic acid groups (broad SMARTS) is 1. The van der Waals surface area contributed by atoms with Gasteiger partial charge in [-0.25, -0.2) is 0 Å². The molecule has 0 amide bonds. The highest BCUT2D eigenvalue weighted by Crippen LogP contribution is 2.45. The van der Waals surface area contributed by atoms with Gasteiger partial charge in [-0.05, 0) is 37.2 Å². The van der Waals surface area contributed by atoms with Crippen LogP contribution < -0.4 is 0 Å². The number of hydrogen-bond acceptors (Lipinski definition) is 4. The van der Waals surface area contributed by atoms with Crippen LogP contribution >= 0.6 is 0 Å². The number of carbonyl (C=O) groups excluding carboxylic acids is 1. The largest absolute Gasteiger partial charge is 0.481 e. The van der Waals surface area contributed by atoms with E-state index in [2.05, 4.69) is 24.3 Å². The Morgan fingerprint density at radius 1 is 1.12 bits per heavy atom. The van der Waals surface area contributed by atoms with Crippen molar-refractivity contribution >= 4 is 11.9 Å². The van der Waals surface area contributed by atoms with E-state index in [0.29, 0.717) is 30.7 Å². The molecular weight excluding hydrogens is 308 g/mol. The van der Waals surface area contributed by atoms with Gasteiger partial charge in [0.2, 0.25) is 0 Å². The molecule has 132 valence electrons. The summed E-state index contributed by atoms with van der Waals surface area (Å²) in [5.41, 5.74) is 1.38. The van der Waals surface area contributed by atoms with Crippen LogP contribution in [0.4, 0.5) is 0 Å². The van der Waals surface area contributed by atoms with E-state index < -0.39 is 5.97 Å². The molecule has 5 nitrogen and oxygen atoms in total. The zero-order valence-electron chi connectivity index (χ0n) is 14.3. The first-order valence-electron chi connectivity index (χ1n) is 8.49. The quantitative estimate of drug-likeness (QED) is 0.838. The van der Waals surface area contributed by atoms with Gasteiger partial charge in [0.25, 0.3) is 5.97 Å². The van der Waals surface area contributed by atoms with Crippen LogP contribution in [0.1, 0.15) is 38.7 Å². The summed E-state index contributed by atoms with van der Waals surface area (Å²) in [4.78, 5) is 20.0. The van der Waals surface area contributed by atoms with Crippen LogP contribution in [0.2, 0.25) is 0 Å². The number of aryl methyl sites for hydroxylation is 1. The van der Waals surface area contributed by atoms with E-state index in [1.807, 2.05) is 6.07 Å². The summed E-state index contributed by atoms with van der Waals surface area (Å²) in [6.45, 7) is 3.09. The van der Waals surface area contributed by atoms with Crippen LogP contribution in [-0.4, -0.2) is 35.9 Å². The second-order valence-electron chi connectivity index (χ2n) is 6.46. The Hall–Kier alpha value is -1.88. The van der Waals surface area contributed by atoms with Crippen LogP contribution in [-0.2, 0) is 25.5 Å². The minimum Gasteiger partial charge on any atom is -0.481 e. The van der Waals surface area contributed by atoms with E-state index in [1.165, 1.54) is 18.9 Å². The molecule has 5 heteroatoms. The van der Waals surface area contributed by atoms with Crippen LogP contribution in [0, 0.1) is 11.8 Å². The fourth-order valence-corrected chi connectivity index (χ4v) is 3.69. The maximum Gasteiger partial charge on any atom is 0.302 e. The molecule has 0 saturated carbocycles. The van der Waals surface area contributed by atoms with Crippen molar-refractivity contribution in [2.45, 2.75) is 51.7 Å². The molecule has 2 aliphatic heterocycles. The van der Waals surface area contributed by atoms with Crippen molar-refractivity contribution in [2.75, 3.05) is 6.61 Å². The Morgan fingerprint density at radius 3 is 2.29 bits per heavy atom. The minimum atomic E-state index is -0.833. The molecule has 2 bridgehead atoms. The molecule has 2 aliphatic rings. The fourth-order valence-electron chi connectivity index (χ4n) is 3.69. The predicted octanol–water partition coefficient (Wildman–Crippen LogP) is 3.07. The highest BCUT2D eigenvalue weighted by Gasteiger charge is 2.48. The van der Waals surface area contributed by atoms with Crippen molar-refractivity contribution in [1.29, 1.82) is 0 Å². The lowest BCUT2D eigenvalue weighted by Gasteiger charge is -2.27. The molecule has 0 spiro atoms. The third kappa shape index (κ3) is 5.34. The third-order valence-corrected chi connectivity index (χ3v) is 4.68. The lowest BCUT2D eigenvalue weighted by atomic mass is 9.77. The van der Waals surface area contributed by atoms with Gasteiger partial charge in [0.05, 0.1) is 18.8 Å². The number of aliphatic carboxylic acids is 1. The molecule has 2 fully saturated rings. The summed E-state index contributed by atoms with van der Waals surface area (Å²) >= 11 is 0. The minimum absolute atomic E-state index is 0.186. The Kier molecular flexibility index (Phi) is 6.79. The van der Waals surface area contributed by atoms with Gasteiger partial charge < -0.3 is 14.6 Å². The van der Waals surface area contributed by atoms with Crippen molar-refractivity contribution < 1.29 is 24.2 Å². The highest BCUT2D eigenvalue weighted by molar-refractivity contribution is 5.65. The molecule has 0 unspecified atom stereocenters. The van der Waals surface area contributed by atoms with Crippen molar-refractivity contribution in [3.05, 3.63) is 35.9 Å². The monoisotopic (exact) mass is 334 g/mol. The number of benzene rings is 1. The lowest BCUT2D eigenvalue weighted by Crippen LogP contribution is -2.31. The van der Waals surface area contributed by atoms with Gasteiger partial charge in [-0.2, -0.15) is 0 Å². The number of ether oxygens (including phenoxy) is 2. The topological polar surface area (TPSA) is 72.8 Å². The van der Waals surface area contributed by atoms with Gasteiger partial charge >= 0.3 is 5.97 Å². The number of carboxylic acids is 1. The average Bonchev–Trinajstić information content (AvgIpc) is 3.12. The Labute approximate surface area is 143 Å². The molecule has 2 saturated heterocycles. The van der Waals surface area contributed by atoms with Crippen molar-refractivity contribution in [2.24, 2.45) is 11.8 Å². The van der Waals surface area contributed by atoms with Gasteiger partial charge in [0.15, 0.2) is 0 Å². The summed E-state index contributed by atoms with van der Waals surface area (Å²) < 4.78 is 11.3. The Morgan fingerprint density at radius 2 is 1.71 bits per heavy atom. The van der Waals surface area contributed by atoms with Gasteiger partial charge in [-0.15, -0.1) is 0 Å². The molecule has 1 N–H and O–H groups in total. The second-order valence-corrected chi connectivity index (χ2v) is 6.46. The van der Waals surface area contributed by atoms with E-state index in [-0.39, 0.29) is 5.97 Å². The van der Waals surface area contributed by atoms with Crippen LogP contribution in [0.5, 0.6) is 0 Å². The van der Waals surface area contributed by atoms with E-state index in [9.17, 15) is 4.79 Å². The standard InChI is InChI=1S/C17H22O3.C2H4O2/c1-12(18)19-11-15-14(16-9-10-17(15)20-16)8-7-13-5-3-2-4-6-13;1-2(3)4/h2-6,14-17H,7-11H2,1H3;1H3,(H,3,4)/t14-,15+,16-,17+;/m0./s1. The number of hydrogen-bond donors (Lipinski definition) is 1. The Bertz CT molecular complexity index is 538. The summed E-state index contributed by atoms with van der Waals surface area (Å²) in [5, 5.41) is 7.42. The van der Waals surface area contributed by atoms with Crippen LogP contribution in [0.15, 0.2) is 30.3 Å². The Balaban J connectivity index is 0.000000471. The van der Waals surface area contributed by atoms with E-state index >= 15 is 0 Å². The molecule has 4 atom stereocenters. The SMILES string of the molecule is CC(=O)O.CC(=O)OC[C@@H]1[C@H](CCc2ccccc2)[C@@H]2CC[C@H]1O2. The first kappa shape index (κ1) is 18.5. The van der Waals surface area contributed by atoms with E-state index in [1.54, 1.807) is 0 Å². The van der Waals surface area contributed by atoms with Gasteiger partial charge in [-0.1, -0.05) is 30.3 Å². The highest BCUT2D eigenvalue weighted by atomic mass is 16.5. The molecule has 24 heavy (non-hydrogen) atoms. The molecular formula is C19H26O5. The lowest BCUT2D eigenvalue weighted by molar-refractivity contribution is -0.143. The predicted molar refractivity (Wildman–Crippen MR) is 89.6 cm³/mol. The smallest absolute Gasteiger partial charge is 0.302 e. The maximum absolute atomic E-state index is 11.0. The average molecular weight is 334 g/mol. The molecule has 0 aromatic heterocycles. The normalized spacial score (nSPS) is 27.2. The third-order valence-electron chi connectivity index (χ3n) is 4.68. The summed E-state index contributed by atoms with van der Waals surface area (Å²) in [5.74, 6) is -0.0933. The summed E-state index contributed by atoms with van der Waals surface area (Å²) in [7, 11) is 0. The molecule has 3 rings (SSSR count). The zero-order chi connectivity index (χ0) is 17.5. The van der Waals surface area contributed by atoms with Crippen LogP contribution in [0.25, 0.3) is 0 Å². The van der Waals surface area contributed by atoms with Gasteiger partial charge in [0, 0.05) is 19.8 Å². The van der Waals surface area contributed by atoms with Crippen molar-refractivity contribution in [3.8, 4) is 0 Å². The van der Waals surface area contributed by atoms with Crippen LogP contribution in [0.3, 0.4) is 0 Å². The molecule has 2 heterocycles. The maximum atomic E-state index is 11.0. The molecule has 1 aromatic rings. The summed E-state index contributed by atoms with van der Waals surface area (Å²) in [6, 6.07) is 10.6. The number of esters is 1. The van der Waals surface area contributed by atoms with E-state index in [0.717, 1.165) is 26.2 Å². The molecule has 0 aliphatic carbocycles. The van der Waals surface area contributed by atoms with Crippen molar-refractivity contribution in [3.63, 3.8) is 0 Å². The van der Waals surface area contributed by atoms with E-state index in [4.69, 9.17) is 19.4 Å². The molecule has 0 radical (unpaired) electrons. The number of rotatable bonds is 5.